The van der Waals surface area contributed by atoms with Gasteiger partial charge in [-0.25, -0.2) is 22.9 Å². The minimum absolute atomic E-state index is 0.0782. The zero-order valence-electron chi connectivity index (χ0n) is 17.0. The Kier molecular flexibility index (Phi) is 5.85. The van der Waals surface area contributed by atoms with Gasteiger partial charge in [0.25, 0.3) is 0 Å². The molecule has 164 valence electrons. The molecule has 0 spiro atoms. The van der Waals surface area contributed by atoms with E-state index in [1.54, 1.807) is 31.3 Å². The quantitative estimate of drug-likeness (QED) is 0.386. The first-order chi connectivity index (χ1) is 15.2. The van der Waals surface area contributed by atoms with E-state index < -0.39 is 26.9 Å². The molecular formula is C23H19ClFN3O3S. The summed E-state index contributed by atoms with van der Waals surface area (Å²) in [5.74, 6) is -1.48. The maximum Gasteiger partial charge on any atom is 0.216 e. The van der Waals surface area contributed by atoms with Crippen LogP contribution in [0.5, 0.6) is 0 Å². The minimum atomic E-state index is -4.04. The van der Waals surface area contributed by atoms with Crippen LogP contribution >= 0.6 is 11.6 Å². The van der Waals surface area contributed by atoms with Crippen molar-refractivity contribution in [3.05, 3.63) is 88.5 Å². The maximum atomic E-state index is 15.3. The molecule has 2 aromatic carbocycles. The Labute approximate surface area is 189 Å². The second-order valence-electron chi connectivity index (χ2n) is 7.35. The van der Waals surface area contributed by atoms with Crippen LogP contribution in [0.4, 0.5) is 4.39 Å². The highest BCUT2D eigenvalue weighted by molar-refractivity contribution is 7.89. The van der Waals surface area contributed by atoms with Crippen molar-refractivity contribution < 1.29 is 17.6 Å². The van der Waals surface area contributed by atoms with Gasteiger partial charge in [-0.15, -0.1) is 0 Å². The monoisotopic (exact) mass is 471 g/mol. The summed E-state index contributed by atoms with van der Waals surface area (Å²) in [6.07, 6.45) is 3.21. The third-order valence-electron chi connectivity index (χ3n) is 5.34. The summed E-state index contributed by atoms with van der Waals surface area (Å²) >= 11 is 5.95. The fourth-order valence-corrected chi connectivity index (χ4v) is 4.87. The minimum Gasteiger partial charge on any atom is -0.345 e. The molecule has 0 bridgehead atoms. The number of sulfonamides is 1. The van der Waals surface area contributed by atoms with Crippen LogP contribution in [0.1, 0.15) is 40.1 Å². The first kappa shape index (κ1) is 22.1. The number of primary sulfonamides is 1. The third-order valence-corrected chi connectivity index (χ3v) is 6.97. The molecule has 0 aliphatic heterocycles. The third kappa shape index (κ3) is 4.04. The summed E-state index contributed by atoms with van der Waals surface area (Å²) in [6, 6.07) is 13.1. The van der Waals surface area contributed by atoms with Gasteiger partial charge in [-0.1, -0.05) is 42.8 Å². The number of aromatic nitrogens is 2. The first-order valence-corrected chi connectivity index (χ1v) is 11.8. The highest BCUT2D eigenvalue weighted by atomic mass is 35.5. The molecule has 1 atom stereocenters. The van der Waals surface area contributed by atoms with Crippen molar-refractivity contribution >= 4 is 38.4 Å². The number of nitrogens with zero attached hydrogens (tertiary/aromatic N) is 1. The predicted molar refractivity (Wildman–Crippen MR) is 123 cm³/mol. The number of carbonyl (C=O) groups excluding carboxylic acids is 1. The Morgan fingerprint density at radius 2 is 1.88 bits per heavy atom. The molecule has 0 aliphatic carbocycles. The lowest BCUT2D eigenvalue weighted by molar-refractivity contribution is 0.103. The lowest BCUT2D eigenvalue weighted by atomic mass is 9.98. The van der Waals surface area contributed by atoms with Crippen LogP contribution in [-0.2, 0) is 10.0 Å². The molecule has 2 heterocycles. The molecule has 0 amide bonds. The topological polar surface area (TPSA) is 106 Å². The van der Waals surface area contributed by atoms with Gasteiger partial charge in [0.05, 0.1) is 5.56 Å². The van der Waals surface area contributed by atoms with E-state index in [1.807, 2.05) is 12.1 Å². The summed E-state index contributed by atoms with van der Waals surface area (Å²) in [4.78, 5) is 20.5. The molecule has 0 fully saturated rings. The smallest absolute Gasteiger partial charge is 0.216 e. The maximum absolute atomic E-state index is 15.3. The van der Waals surface area contributed by atoms with Crippen LogP contribution in [0.3, 0.4) is 0 Å². The number of pyridine rings is 1. The van der Waals surface area contributed by atoms with Gasteiger partial charge in [-0.3, -0.25) is 4.79 Å². The number of hydrogen-bond donors (Lipinski definition) is 2. The van der Waals surface area contributed by atoms with Gasteiger partial charge < -0.3 is 4.98 Å². The predicted octanol–water partition coefficient (Wildman–Crippen LogP) is 4.99. The lowest BCUT2D eigenvalue weighted by Crippen LogP contribution is -2.22. The van der Waals surface area contributed by atoms with E-state index in [0.717, 1.165) is 11.1 Å². The van der Waals surface area contributed by atoms with Crippen LogP contribution in [0.15, 0.2) is 60.9 Å². The molecule has 3 N–H and O–H groups in total. The van der Waals surface area contributed by atoms with Gasteiger partial charge in [0.2, 0.25) is 10.0 Å². The number of nitrogens with one attached hydrogen (secondary N) is 1. The summed E-state index contributed by atoms with van der Waals surface area (Å²) in [5, 5.41) is 5.14. The van der Waals surface area contributed by atoms with Crippen molar-refractivity contribution in [1.82, 2.24) is 9.97 Å². The van der Waals surface area contributed by atoms with Gasteiger partial charge in [-0.2, -0.15) is 0 Å². The largest absolute Gasteiger partial charge is 0.345 e. The molecule has 4 rings (SSSR count). The molecule has 9 heteroatoms. The molecule has 6 nitrogen and oxygen atoms in total. The lowest BCUT2D eigenvalue weighted by Gasteiger charge is -2.15. The standard InChI is InChI=1S/C23H19ClFN3O3S/c1-2-20(32(26,30)31)16-4-3-5-17(21(16)25)22(29)19-12-28-23-18(19)10-14(11-27-23)13-6-8-15(24)9-7-13/h3-12,20H,2H2,1H3,(H,27,28)(H2,26,30,31). The second-order valence-corrected chi connectivity index (χ2v) is 9.54. The Balaban J connectivity index is 1.80. The van der Waals surface area contributed by atoms with E-state index in [4.69, 9.17) is 16.7 Å². The van der Waals surface area contributed by atoms with Crippen molar-refractivity contribution in [1.29, 1.82) is 0 Å². The molecule has 0 aliphatic rings. The van der Waals surface area contributed by atoms with Crippen LogP contribution in [0.2, 0.25) is 5.02 Å². The van der Waals surface area contributed by atoms with Crippen LogP contribution in [-0.4, -0.2) is 24.2 Å². The van der Waals surface area contributed by atoms with E-state index in [-0.39, 0.29) is 23.1 Å². The van der Waals surface area contributed by atoms with E-state index >= 15 is 4.39 Å². The number of ketones is 1. The first-order valence-electron chi connectivity index (χ1n) is 9.78. The second kappa shape index (κ2) is 8.46. The molecule has 0 saturated carbocycles. The van der Waals surface area contributed by atoms with Crippen molar-refractivity contribution in [3.8, 4) is 11.1 Å². The number of benzene rings is 2. The van der Waals surface area contributed by atoms with Crippen molar-refractivity contribution in [2.75, 3.05) is 0 Å². The Hall–Kier alpha value is -3.07. The van der Waals surface area contributed by atoms with Crippen LogP contribution in [0, 0.1) is 5.82 Å². The Morgan fingerprint density at radius 1 is 1.16 bits per heavy atom. The molecule has 0 saturated heterocycles. The normalized spacial score (nSPS) is 12.8. The van der Waals surface area contributed by atoms with Gasteiger partial charge in [0.1, 0.15) is 16.7 Å². The number of H-pyrrole nitrogens is 1. The average Bonchev–Trinajstić information content (AvgIpc) is 3.18. The number of nitrogens with two attached hydrogens (primary N) is 1. The van der Waals surface area contributed by atoms with Gasteiger partial charge in [-0.05, 0) is 36.2 Å². The van der Waals surface area contributed by atoms with E-state index in [2.05, 4.69) is 9.97 Å². The molecule has 0 radical (unpaired) electrons. The zero-order valence-corrected chi connectivity index (χ0v) is 18.5. The number of hydrogen-bond acceptors (Lipinski definition) is 4. The van der Waals surface area contributed by atoms with Crippen molar-refractivity contribution in [3.63, 3.8) is 0 Å². The molecular weight excluding hydrogens is 453 g/mol. The van der Waals surface area contributed by atoms with Crippen molar-refractivity contribution in [2.45, 2.75) is 18.6 Å². The number of halogens is 2. The highest BCUT2D eigenvalue weighted by Gasteiger charge is 2.28. The van der Waals surface area contributed by atoms with Crippen LogP contribution < -0.4 is 5.14 Å². The van der Waals surface area contributed by atoms with E-state index in [1.165, 1.54) is 24.4 Å². The fraction of sp³-hybridized carbons (Fsp3) is 0.130. The number of fused-ring (bicyclic) bond motifs is 1. The molecule has 4 aromatic rings. The highest BCUT2D eigenvalue weighted by Crippen LogP contribution is 2.31. The number of carbonyl (C=O) groups is 1. The SMILES string of the molecule is CCC(c1cccc(C(=O)c2c[nH]c3ncc(-c4ccc(Cl)cc4)cc23)c1F)S(N)(=O)=O. The summed E-state index contributed by atoms with van der Waals surface area (Å²) in [6.45, 7) is 1.59. The average molecular weight is 472 g/mol. The summed E-state index contributed by atoms with van der Waals surface area (Å²) in [7, 11) is -4.04. The van der Waals surface area contributed by atoms with E-state index in [0.29, 0.717) is 16.1 Å². The fourth-order valence-electron chi connectivity index (χ4n) is 3.74. The van der Waals surface area contributed by atoms with Gasteiger partial charge in [0.15, 0.2) is 5.78 Å². The van der Waals surface area contributed by atoms with E-state index in [9.17, 15) is 13.2 Å². The zero-order chi connectivity index (χ0) is 23.0. The van der Waals surface area contributed by atoms with Crippen LogP contribution in [0.25, 0.3) is 22.2 Å². The van der Waals surface area contributed by atoms with Gasteiger partial charge in [0, 0.05) is 39.5 Å². The summed E-state index contributed by atoms with van der Waals surface area (Å²) < 4.78 is 39.1. The van der Waals surface area contributed by atoms with Gasteiger partial charge >= 0.3 is 0 Å². The summed E-state index contributed by atoms with van der Waals surface area (Å²) in [5.41, 5.74) is 1.96. The molecule has 2 aromatic heterocycles. The molecule has 1 unspecified atom stereocenters. The Morgan fingerprint density at radius 3 is 2.53 bits per heavy atom. The molecule has 32 heavy (non-hydrogen) atoms. The number of rotatable bonds is 6. The number of aromatic amines is 1. The van der Waals surface area contributed by atoms with Crippen molar-refractivity contribution in [2.24, 2.45) is 5.14 Å². The Bertz CT molecular complexity index is 1430.